The van der Waals surface area contributed by atoms with Gasteiger partial charge < -0.3 is 25.0 Å². The van der Waals surface area contributed by atoms with Crippen LogP contribution in [0.15, 0.2) is 42.5 Å². The lowest BCUT2D eigenvalue weighted by atomic mass is 9.95. The smallest absolute Gasteiger partial charge is 0.229 e. The van der Waals surface area contributed by atoms with Crippen molar-refractivity contribution in [2.75, 3.05) is 37.9 Å². The second-order valence-corrected chi connectivity index (χ2v) is 9.23. The average molecular weight is 466 g/mol. The van der Waals surface area contributed by atoms with Crippen molar-refractivity contribution in [3.05, 3.63) is 48.0 Å². The number of likely N-dealkylation sites (tertiary alicyclic amines) is 1. The van der Waals surface area contributed by atoms with Crippen molar-refractivity contribution in [2.24, 2.45) is 5.92 Å². The third kappa shape index (κ3) is 6.01. The summed E-state index contributed by atoms with van der Waals surface area (Å²) in [7, 11) is 3.21. The van der Waals surface area contributed by atoms with Crippen molar-refractivity contribution in [1.82, 2.24) is 4.90 Å². The minimum Gasteiger partial charge on any atom is -0.493 e. The summed E-state index contributed by atoms with van der Waals surface area (Å²) in [6.07, 6.45) is 7.29. The second-order valence-electron chi connectivity index (χ2n) is 9.23. The molecule has 2 N–H and O–H groups in total. The number of nitrogens with zero attached hydrogens (tertiary/aromatic N) is 1. The Bertz CT molecular complexity index is 986. The number of ether oxygens (including phenoxy) is 2. The number of rotatable bonds is 9. The molecule has 0 aromatic heterocycles. The van der Waals surface area contributed by atoms with E-state index in [1.54, 1.807) is 19.1 Å². The Labute approximate surface area is 201 Å². The molecular weight excluding hydrogens is 430 g/mol. The van der Waals surface area contributed by atoms with Gasteiger partial charge in [-0.1, -0.05) is 25.3 Å². The third-order valence-corrected chi connectivity index (χ3v) is 6.83. The van der Waals surface area contributed by atoms with Gasteiger partial charge in [0.15, 0.2) is 11.5 Å². The normalized spacial score (nSPS) is 18.6. The van der Waals surface area contributed by atoms with E-state index in [2.05, 4.69) is 10.6 Å². The maximum atomic E-state index is 12.8. The molecule has 0 spiro atoms. The van der Waals surface area contributed by atoms with Gasteiger partial charge in [0.25, 0.3) is 0 Å². The summed E-state index contributed by atoms with van der Waals surface area (Å²) in [5.41, 5.74) is 2.90. The fraction of sp³-hybridized carbons (Fsp3) is 0.481. The van der Waals surface area contributed by atoms with Crippen LogP contribution in [0.2, 0.25) is 0 Å². The molecule has 7 nitrogen and oxygen atoms in total. The summed E-state index contributed by atoms with van der Waals surface area (Å²) in [5.74, 6) is 0.934. The Morgan fingerprint density at radius 2 is 1.68 bits per heavy atom. The SMILES string of the molecule is COc1ccc(CCN2C[C@@H](C(=O)Nc3ccc(NC4CCCCC4)cc3)CC2=O)cc1OC. The maximum Gasteiger partial charge on any atom is 0.229 e. The summed E-state index contributed by atoms with van der Waals surface area (Å²) in [4.78, 5) is 27.1. The average Bonchev–Trinajstić information content (AvgIpc) is 3.25. The lowest BCUT2D eigenvalue weighted by Gasteiger charge is -2.24. The number of benzene rings is 2. The van der Waals surface area contributed by atoms with E-state index in [9.17, 15) is 9.59 Å². The molecule has 182 valence electrons. The van der Waals surface area contributed by atoms with Gasteiger partial charge in [-0.3, -0.25) is 9.59 Å². The topological polar surface area (TPSA) is 79.9 Å². The summed E-state index contributed by atoms with van der Waals surface area (Å²) in [5, 5.41) is 6.57. The highest BCUT2D eigenvalue weighted by molar-refractivity contribution is 5.97. The first-order chi connectivity index (χ1) is 16.6. The van der Waals surface area contributed by atoms with E-state index in [1.807, 2.05) is 42.5 Å². The lowest BCUT2D eigenvalue weighted by Crippen LogP contribution is -2.30. The fourth-order valence-electron chi connectivity index (χ4n) is 4.84. The number of carbonyl (C=O) groups is 2. The van der Waals surface area contributed by atoms with Crippen molar-refractivity contribution in [3.8, 4) is 11.5 Å². The predicted octanol–water partition coefficient (Wildman–Crippen LogP) is 4.48. The summed E-state index contributed by atoms with van der Waals surface area (Å²) < 4.78 is 10.6. The number of hydrogen-bond acceptors (Lipinski definition) is 5. The quantitative estimate of drug-likeness (QED) is 0.571. The van der Waals surface area contributed by atoms with Gasteiger partial charge in [0.05, 0.1) is 20.1 Å². The van der Waals surface area contributed by atoms with Crippen LogP contribution in [0.4, 0.5) is 11.4 Å². The molecule has 0 radical (unpaired) electrons. The first-order valence-electron chi connectivity index (χ1n) is 12.2. The van der Waals surface area contributed by atoms with Gasteiger partial charge in [-0.25, -0.2) is 0 Å². The van der Waals surface area contributed by atoms with Crippen LogP contribution in [-0.4, -0.2) is 50.1 Å². The van der Waals surface area contributed by atoms with Gasteiger partial charge in [-0.05, 0) is 61.2 Å². The van der Waals surface area contributed by atoms with Crippen LogP contribution in [-0.2, 0) is 16.0 Å². The van der Waals surface area contributed by atoms with Crippen LogP contribution >= 0.6 is 0 Å². The van der Waals surface area contributed by atoms with E-state index in [0.717, 1.165) is 16.9 Å². The highest BCUT2D eigenvalue weighted by Crippen LogP contribution is 2.28. The molecule has 1 aliphatic carbocycles. The summed E-state index contributed by atoms with van der Waals surface area (Å²) in [6.45, 7) is 1.01. The molecule has 2 aliphatic rings. The van der Waals surface area contributed by atoms with Crippen molar-refractivity contribution in [1.29, 1.82) is 0 Å². The zero-order valence-electron chi connectivity index (χ0n) is 20.1. The number of amides is 2. The van der Waals surface area contributed by atoms with Crippen LogP contribution in [0.25, 0.3) is 0 Å². The molecular formula is C27H35N3O4. The van der Waals surface area contributed by atoms with E-state index in [1.165, 1.54) is 32.1 Å². The standard InChI is InChI=1S/C27H35N3O4/c1-33-24-13-8-19(16-25(24)34-2)14-15-30-18-20(17-26(30)31)27(32)29-23-11-9-22(10-12-23)28-21-6-4-3-5-7-21/h8-13,16,20-21,28H,3-7,14-15,17-18H2,1-2H3,(H,29,32)/t20-/m0/s1. The Morgan fingerprint density at radius 1 is 0.971 bits per heavy atom. The molecule has 1 aliphatic heterocycles. The Balaban J connectivity index is 1.26. The number of anilines is 2. The molecule has 0 unspecified atom stereocenters. The van der Waals surface area contributed by atoms with Crippen LogP contribution in [0, 0.1) is 5.92 Å². The number of carbonyl (C=O) groups excluding carboxylic acids is 2. The van der Waals surface area contributed by atoms with Crippen LogP contribution in [0.1, 0.15) is 44.1 Å². The zero-order chi connectivity index (χ0) is 23.9. The molecule has 1 saturated heterocycles. The van der Waals surface area contributed by atoms with Gasteiger partial charge >= 0.3 is 0 Å². The molecule has 2 amide bonds. The summed E-state index contributed by atoms with van der Waals surface area (Å²) in [6, 6.07) is 14.2. The van der Waals surface area contributed by atoms with E-state index in [0.29, 0.717) is 37.1 Å². The molecule has 2 fully saturated rings. The predicted molar refractivity (Wildman–Crippen MR) is 134 cm³/mol. The monoisotopic (exact) mass is 465 g/mol. The second kappa shape index (κ2) is 11.3. The van der Waals surface area contributed by atoms with E-state index in [4.69, 9.17) is 9.47 Å². The highest BCUT2D eigenvalue weighted by Gasteiger charge is 2.34. The molecule has 1 heterocycles. The number of nitrogens with one attached hydrogen (secondary N) is 2. The molecule has 7 heteroatoms. The van der Waals surface area contributed by atoms with Crippen molar-refractivity contribution < 1.29 is 19.1 Å². The zero-order valence-corrected chi connectivity index (χ0v) is 20.1. The Kier molecular flexibility index (Phi) is 7.93. The third-order valence-electron chi connectivity index (χ3n) is 6.83. The number of hydrogen-bond donors (Lipinski definition) is 2. The maximum absolute atomic E-state index is 12.8. The van der Waals surface area contributed by atoms with E-state index < -0.39 is 0 Å². The van der Waals surface area contributed by atoms with E-state index in [-0.39, 0.29) is 24.2 Å². The molecule has 4 rings (SSSR count). The van der Waals surface area contributed by atoms with Gasteiger partial charge in [0, 0.05) is 36.9 Å². The first-order valence-corrected chi connectivity index (χ1v) is 12.2. The fourth-order valence-corrected chi connectivity index (χ4v) is 4.84. The van der Waals surface area contributed by atoms with Crippen molar-refractivity contribution in [3.63, 3.8) is 0 Å². The highest BCUT2D eigenvalue weighted by atomic mass is 16.5. The van der Waals surface area contributed by atoms with Crippen molar-refractivity contribution in [2.45, 2.75) is 51.0 Å². The summed E-state index contributed by atoms with van der Waals surface area (Å²) >= 11 is 0. The van der Waals surface area contributed by atoms with Gasteiger partial charge in [0.1, 0.15) is 0 Å². The van der Waals surface area contributed by atoms with Gasteiger partial charge in [-0.15, -0.1) is 0 Å². The van der Waals surface area contributed by atoms with Crippen molar-refractivity contribution >= 4 is 23.2 Å². The van der Waals surface area contributed by atoms with Gasteiger partial charge in [0.2, 0.25) is 11.8 Å². The van der Waals surface area contributed by atoms with Crippen LogP contribution in [0.5, 0.6) is 11.5 Å². The van der Waals surface area contributed by atoms with Crippen LogP contribution < -0.4 is 20.1 Å². The van der Waals surface area contributed by atoms with Crippen LogP contribution in [0.3, 0.4) is 0 Å². The minimum atomic E-state index is -0.335. The van der Waals surface area contributed by atoms with Gasteiger partial charge in [-0.2, -0.15) is 0 Å². The largest absolute Gasteiger partial charge is 0.493 e. The molecule has 0 bridgehead atoms. The molecule has 2 aromatic carbocycles. The number of methoxy groups -OCH3 is 2. The van der Waals surface area contributed by atoms with E-state index >= 15 is 0 Å². The molecule has 2 aromatic rings. The minimum absolute atomic E-state index is 0.0210. The molecule has 1 atom stereocenters. The molecule has 1 saturated carbocycles. The first kappa shape index (κ1) is 23.9. The Hall–Kier alpha value is -3.22. The lowest BCUT2D eigenvalue weighted by molar-refractivity contribution is -0.128. The molecule has 34 heavy (non-hydrogen) atoms. The Morgan fingerprint density at radius 3 is 2.38 bits per heavy atom.